The minimum absolute atomic E-state index is 0.0449. The summed E-state index contributed by atoms with van der Waals surface area (Å²) < 4.78 is 25.3. The zero-order chi connectivity index (χ0) is 34.1. The summed E-state index contributed by atoms with van der Waals surface area (Å²) in [5.74, 6) is -3.01. The predicted octanol–water partition coefficient (Wildman–Crippen LogP) is 1.90. The number of ketones is 1. The van der Waals surface area contributed by atoms with Gasteiger partial charge in [0.15, 0.2) is 0 Å². The molecule has 45 heavy (non-hydrogen) atoms. The average molecular weight is 657 g/mol. The molecule has 258 valence electrons. The van der Waals surface area contributed by atoms with Crippen LogP contribution in [0.5, 0.6) is 0 Å². The van der Waals surface area contributed by atoms with Gasteiger partial charge in [-0.2, -0.15) is 0 Å². The van der Waals surface area contributed by atoms with Gasteiger partial charge in [0, 0.05) is 26.2 Å². The Morgan fingerprint density at radius 1 is 1.00 bits per heavy atom. The van der Waals surface area contributed by atoms with Crippen LogP contribution in [0.1, 0.15) is 98.8 Å². The fourth-order valence-electron chi connectivity index (χ4n) is 6.12. The Labute approximate surface area is 269 Å². The van der Waals surface area contributed by atoms with E-state index in [9.17, 15) is 32.4 Å². The lowest BCUT2D eigenvalue weighted by Crippen LogP contribution is -2.60. The van der Waals surface area contributed by atoms with Crippen LogP contribution in [0.4, 0.5) is 4.79 Å². The fourth-order valence-corrected chi connectivity index (χ4v) is 6.54. The normalized spacial score (nSPS) is 25.4. The molecule has 0 saturated carbocycles. The molecule has 2 rings (SSSR count). The number of nitrogens with zero attached hydrogens (tertiary/aromatic N) is 2. The van der Waals surface area contributed by atoms with Crippen molar-refractivity contribution in [1.29, 1.82) is 0 Å². The van der Waals surface area contributed by atoms with E-state index in [2.05, 4.69) is 16.0 Å². The Kier molecular flexibility index (Phi) is 14.3. The van der Waals surface area contributed by atoms with E-state index in [0.717, 1.165) is 38.4 Å². The van der Waals surface area contributed by atoms with Crippen LogP contribution >= 0.6 is 0 Å². The zero-order valence-electron chi connectivity index (χ0n) is 28.2. The van der Waals surface area contributed by atoms with Crippen molar-refractivity contribution in [2.45, 2.75) is 123 Å². The standard InChI is InChI=1S/C31H56N6O7S/c1-20(2)21-17-18-37-25(21)28(40)33-22(26(38)27(32)39)15-13-11-9-8-10-12-14-16-23(29(37)41)34-30(42)35-24(31(3,4)5)19-36(6)45(7,43)44/h20-25H,8-19H2,1-7H3,(H2,32,39)(H,33,40)(H2,34,35,42)/t21?,22-,23-,24+,25-/m0/s1. The third-order valence-corrected chi connectivity index (χ3v) is 10.5. The summed E-state index contributed by atoms with van der Waals surface area (Å²) >= 11 is 0. The minimum Gasteiger partial charge on any atom is -0.363 e. The molecule has 2 saturated heterocycles. The second-order valence-electron chi connectivity index (χ2n) is 14.1. The maximum atomic E-state index is 14.2. The lowest BCUT2D eigenvalue weighted by atomic mass is 9.86. The summed E-state index contributed by atoms with van der Waals surface area (Å²) in [6.45, 7) is 9.96. The molecule has 2 aliphatic rings. The summed E-state index contributed by atoms with van der Waals surface area (Å²) in [7, 11) is -2.04. The molecule has 1 unspecified atom stereocenters. The number of urea groups is 1. The molecule has 2 aliphatic heterocycles. The van der Waals surface area contributed by atoms with Gasteiger partial charge in [-0.1, -0.05) is 79.6 Å². The van der Waals surface area contributed by atoms with Crippen molar-refractivity contribution in [3.8, 4) is 0 Å². The molecule has 0 radical (unpaired) electrons. The monoisotopic (exact) mass is 656 g/mol. The maximum absolute atomic E-state index is 14.2. The van der Waals surface area contributed by atoms with E-state index in [0.29, 0.717) is 32.2 Å². The van der Waals surface area contributed by atoms with E-state index in [1.165, 1.54) is 16.3 Å². The number of carbonyl (C=O) groups is 5. The number of hydrogen-bond donors (Lipinski definition) is 4. The van der Waals surface area contributed by atoms with Crippen LogP contribution in [0, 0.1) is 17.3 Å². The molecule has 13 nitrogen and oxygen atoms in total. The summed E-state index contributed by atoms with van der Waals surface area (Å²) in [6, 6.07) is -4.03. The number of rotatable bonds is 8. The number of hydrogen-bond acceptors (Lipinski definition) is 7. The SMILES string of the molecule is CC(C)C1CCN2C(=O)[C@@H](NC(=O)N[C@H](CN(C)S(C)(=O)=O)C(C)(C)C)CCCCCCCCC[C@@H](C(=O)C(N)=O)NC(=O)[C@H]12. The second kappa shape index (κ2) is 16.7. The topological polar surface area (TPSA) is 188 Å². The van der Waals surface area contributed by atoms with E-state index in [1.807, 2.05) is 34.6 Å². The van der Waals surface area contributed by atoms with Gasteiger partial charge in [0.25, 0.3) is 5.91 Å². The summed E-state index contributed by atoms with van der Waals surface area (Å²) in [4.78, 5) is 67.3. The Hall–Kier alpha value is -2.74. The van der Waals surface area contributed by atoms with Crippen LogP contribution < -0.4 is 21.7 Å². The Morgan fingerprint density at radius 2 is 1.56 bits per heavy atom. The smallest absolute Gasteiger partial charge is 0.315 e. The summed E-state index contributed by atoms with van der Waals surface area (Å²) in [5, 5.41) is 8.48. The molecule has 14 heteroatoms. The molecule has 2 heterocycles. The van der Waals surface area contributed by atoms with Crippen LogP contribution in [-0.2, 0) is 29.2 Å². The first kappa shape index (κ1) is 38.4. The molecular formula is C31H56N6O7S. The van der Waals surface area contributed by atoms with E-state index in [1.54, 1.807) is 0 Å². The Morgan fingerprint density at radius 3 is 2.07 bits per heavy atom. The number of carbonyl (C=O) groups excluding carboxylic acids is 5. The first-order valence-electron chi connectivity index (χ1n) is 16.3. The molecule has 0 bridgehead atoms. The molecule has 0 aliphatic carbocycles. The highest BCUT2D eigenvalue weighted by Gasteiger charge is 2.46. The van der Waals surface area contributed by atoms with Gasteiger partial charge < -0.3 is 26.6 Å². The number of nitrogens with two attached hydrogens (primary N) is 1. The largest absolute Gasteiger partial charge is 0.363 e. The number of Topliss-reactive ketones (excluding diaryl/α,β-unsaturated/α-hetero) is 1. The molecule has 0 spiro atoms. The molecule has 0 aromatic carbocycles. The van der Waals surface area contributed by atoms with Crippen molar-refractivity contribution >= 4 is 39.6 Å². The molecule has 5 N–H and O–H groups in total. The van der Waals surface area contributed by atoms with Gasteiger partial charge >= 0.3 is 6.03 Å². The predicted molar refractivity (Wildman–Crippen MR) is 172 cm³/mol. The summed E-state index contributed by atoms with van der Waals surface area (Å²) in [6.07, 6.45) is 8.21. The van der Waals surface area contributed by atoms with Gasteiger partial charge in [-0.25, -0.2) is 17.5 Å². The lowest BCUT2D eigenvalue weighted by molar-refractivity contribution is -0.143. The molecule has 2 fully saturated rings. The molecule has 5 atom stereocenters. The van der Waals surface area contributed by atoms with Gasteiger partial charge in [0.2, 0.25) is 27.6 Å². The minimum atomic E-state index is -3.49. The third-order valence-electron chi connectivity index (χ3n) is 9.17. The maximum Gasteiger partial charge on any atom is 0.315 e. The van der Waals surface area contributed by atoms with Crippen LogP contribution in [0.15, 0.2) is 0 Å². The molecule has 0 aromatic rings. The average Bonchev–Trinajstić information content (AvgIpc) is 3.38. The van der Waals surface area contributed by atoms with Crippen molar-refractivity contribution < 1.29 is 32.4 Å². The highest BCUT2D eigenvalue weighted by atomic mass is 32.2. The van der Waals surface area contributed by atoms with Crippen molar-refractivity contribution in [3.63, 3.8) is 0 Å². The van der Waals surface area contributed by atoms with Gasteiger partial charge in [-0.3, -0.25) is 19.2 Å². The highest BCUT2D eigenvalue weighted by molar-refractivity contribution is 7.88. The van der Waals surface area contributed by atoms with Gasteiger partial charge in [0.05, 0.1) is 12.3 Å². The summed E-state index contributed by atoms with van der Waals surface area (Å²) in [5.41, 5.74) is 4.81. The first-order chi connectivity index (χ1) is 20.8. The zero-order valence-corrected chi connectivity index (χ0v) is 29.0. The van der Waals surface area contributed by atoms with Crippen molar-refractivity contribution in [2.75, 3.05) is 26.4 Å². The van der Waals surface area contributed by atoms with Crippen LogP contribution in [0.2, 0.25) is 0 Å². The number of amides is 5. The quantitative estimate of drug-likeness (QED) is 0.287. The fraction of sp³-hybridized carbons (Fsp3) is 0.839. The Bertz CT molecular complexity index is 1170. The van der Waals surface area contributed by atoms with E-state index in [-0.39, 0.29) is 30.7 Å². The number of fused-ring (bicyclic) bond motifs is 1. The number of sulfonamides is 1. The van der Waals surface area contributed by atoms with Crippen molar-refractivity contribution in [2.24, 2.45) is 23.0 Å². The number of primary amides is 1. The number of nitrogens with one attached hydrogen (secondary N) is 3. The number of likely N-dealkylation sites (N-methyl/N-ethyl adjacent to an activating group) is 1. The molecule has 0 aromatic heterocycles. The second-order valence-corrected chi connectivity index (χ2v) is 16.2. The van der Waals surface area contributed by atoms with E-state index in [4.69, 9.17) is 5.73 Å². The van der Waals surface area contributed by atoms with Crippen molar-refractivity contribution in [1.82, 2.24) is 25.2 Å². The van der Waals surface area contributed by atoms with E-state index >= 15 is 0 Å². The first-order valence-corrected chi connectivity index (χ1v) is 18.1. The van der Waals surface area contributed by atoms with Gasteiger partial charge in [0.1, 0.15) is 12.1 Å². The van der Waals surface area contributed by atoms with Gasteiger partial charge in [-0.05, 0) is 36.5 Å². The van der Waals surface area contributed by atoms with Gasteiger partial charge in [-0.15, -0.1) is 0 Å². The van der Waals surface area contributed by atoms with Crippen LogP contribution in [0.25, 0.3) is 0 Å². The highest BCUT2D eigenvalue weighted by Crippen LogP contribution is 2.32. The van der Waals surface area contributed by atoms with E-state index < -0.39 is 63.2 Å². The van der Waals surface area contributed by atoms with Crippen LogP contribution in [-0.4, -0.2) is 97.7 Å². The molecule has 5 amide bonds. The Balaban J connectivity index is 2.38. The third kappa shape index (κ3) is 11.5. The van der Waals surface area contributed by atoms with Crippen LogP contribution in [0.3, 0.4) is 0 Å². The molecular weight excluding hydrogens is 600 g/mol. The van der Waals surface area contributed by atoms with Crippen molar-refractivity contribution in [3.05, 3.63) is 0 Å². The lowest BCUT2D eigenvalue weighted by Gasteiger charge is -2.35.